The molecule has 1 atom stereocenters. The average molecular weight is 337 g/mol. The summed E-state index contributed by atoms with van der Waals surface area (Å²) in [5, 5.41) is 1.59. The highest BCUT2D eigenvalue weighted by molar-refractivity contribution is 7.77. The summed E-state index contributed by atoms with van der Waals surface area (Å²) in [6.07, 6.45) is 6.28. The van der Waals surface area contributed by atoms with Crippen LogP contribution >= 0.6 is 7.29 Å². The van der Waals surface area contributed by atoms with Crippen molar-refractivity contribution in [3.8, 4) is 0 Å². The van der Waals surface area contributed by atoms with Gasteiger partial charge in [-0.3, -0.25) is 4.57 Å². The van der Waals surface area contributed by atoms with E-state index in [2.05, 4.69) is 26.0 Å². The lowest BCUT2D eigenvalue weighted by Crippen LogP contribution is -2.17. The lowest BCUT2D eigenvalue weighted by atomic mass is 9.86. The predicted molar refractivity (Wildman–Crippen MR) is 104 cm³/mol. The molecule has 1 unspecified atom stereocenters. The van der Waals surface area contributed by atoms with Crippen molar-refractivity contribution in [2.24, 2.45) is 16.6 Å². The second-order valence-electron chi connectivity index (χ2n) is 6.64. The highest BCUT2D eigenvalue weighted by Gasteiger charge is 2.27. The van der Waals surface area contributed by atoms with Gasteiger partial charge in [0, 0.05) is 16.3 Å². The van der Waals surface area contributed by atoms with Crippen LogP contribution in [0.1, 0.15) is 26.7 Å². The molecule has 124 valence electrons. The van der Waals surface area contributed by atoms with Gasteiger partial charge in [0.05, 0.1) is 0 Å². The standard InChI is InChI=1S/C21H24NOP/c1-17(2)18-13-15-19(16-14-18)22-24(23,20-9-5-3-6-10-20)21-11-7-4-8-12-21/h3-13,15,17-18H,14,16H2,1-2H3/b22-19-. The van der Waals surface area contributed by atoms with Crippen LogP contribution in [0.2, 0.25) is 0 Å². The topological polar surface area (TPSA) is 29.4 Å². The summed E-state index contributed by atoms with van der Waals surface area (Å²) in [5.41, 5.74) is 0.947. The molecule has 0 N–H and O–H groups in total. The Balaban J connectivity index is 2.03. The van der Waals surface area contributed by atoms with E-state index in [1.807, 2.05) is 60.7 Å². The van der Waals surface area contributed by atoms with Gasteiger partial charge in [-0.1, -0.05) is 56.3 Å². The molecule has 0 fully saturated rings. The fourth-order valence-corrected chi connectivity index (χ4v) is 5.28. The summed E-state index contributed by atoms with van der Waals surface area (Å²) in [4.78, 5) is 0. The number of hydrogen-bond acceptors (Lipinski definition) is 1. The fourth-order valence-electron chi connectivity index (χ4n) is 3.07. The van der Waals surface area contributed by atoms with E-state index in [9.17, 15) is 4.57 Å². The second-order valence-corrected chi connectivity index (χ2v) is 9.03. The Labute approximate surface area is 144 Å². The molecule has 1 aliphatic carbocycles. The molecule has 0 aromatic heterocycles. The third-order valence-corrected chi connectivity index (χ3v) is 7.14. The molecular formula is C21H24NOP. The van der Waals surface area contributed by atoms with Gasteiger partial charge in [-0.2, -0.15) is 0 Å². The van der Waals surface area contributed by atoms with Gasteiger partial charge in [0.25, 0.3) is 0 Å². The molecule has 2 aromatic carbocycles. The molecule has 0 saturated carbocycles. The van der Waals surface area contributed by atoms with Crippen molar-refractivity contribution < 1.29 is 4.57 Å². The zero-order valence-corrected chi connectivity index (χ0v) is 15.2. The van der Waals surface area contributed by atoms with Gasteiger partial charge >= 0.3 is 0 Å². The Hall–Kier alpha value is -1.92. The summed E-state index contributed by atoms with van der Waals surface area (Å²) in [6.45, 7) is 4.49. The van der Waals surface area contributed by atoms with E-state index in [1.54, 1.807) is 0 Å². The summed E-state index contributed by atoms with van der Waals surface area (Å²) >= 11 is 0. The number of allylic oxidation sites excluding steroid dienone is 2. The monoisotopic (exact) mass is 337 g/mol. The molecule has 0 heterocycles. The van der Waals surface area contributed by atoms with E-state index in [0.717, 1.165) is 29.2 Å². The Kier molecular flexibility index (Phi) is 5.16. The smallest absolute Gasteiger partial charge is 0.247 e. The Morgan fingerprint density at radius 3 is 1.92 bits per heavy atom. The SMILES string of the molecule is CC(C)C1C=C/C(=N/P(=O)(c2ccccc2)c2ccccc2)CC1. The van der Waals surface area contributed by atoms with E-state index in [-0.39, 0.29) is 0 Å². The minimum absolute atomic E-state index is 0.594. The van der Waals surface area contributed by atoms with Crippen LogP contribution in [0.25, 0.3) is 0 Å². The maximum absolute atomic E-state index is 13.9. The first-order valence-corrected chi connectivity index (χ1v) is 10.2. The van der Waals surface area contributed by atoms with Crippen molar-refractivity contribution >= 4 is 23.6 Å². The molecule has 0 spiro atoms. The van der Waals surface area contributed by atoms with Gasteiger partial charge in [0.15, 0.2) is 0 Å². The van der Waals surface area contributed by atoms with Crippen LogP contribution in [0, 0.1) is 11.8 Å². The first-order chi connectivity index (χ1) is 11.6. The number of rotatable bonds is 4. The lowest BCUT2D eigenvalue weighted by molar-refractivity contribution is 0.439. The minimum atomic E-state index is -3.00. The summed E-state index contributed by atoms with van der Waals surface area (Å²) < 4.78 is 18.7. The second kappa shape index (κ2) is 7.32. The molecule has 1 aliphatic rings. The summed E-state index contributed by atoms with van der Waals surface area (Å²) in [6, 6.07) is 19.3. The Bertz CT molecular complexity index is 735. The minimum Gasteiger partial charge on any atom is -0.288 e. The van der Waals surface area contributed by atoms with Crippen molar-refractivity contribution in [2.75, 3.05) is 0 Å². The third kappa shape index (κ3) is 3.60. The number of hydrogen-bond donors (Lipinski definition) is 0. The van der Waals surface area contributed by atoms with Gasteiger partial charge in [-0.15, -0.1) is 0 Å². The molecule has 2 nitrogen and oxygen atoms in total. The molecule has 24 heavy (non-hydrogen) atoms. The van der Waals surface area contributed by atoms with E-state index < -0.39 is 7.29 Å². The van der Waals surface area contributed by atoms with Crippen LogP contribution in [0.4, 0.5) is 0 Å². The molecule has 0 aliphatic heterocycles. The zero-order valence-electron chi connectivity index (χ0n) is 14.3. The quantitative estimate of drug-likeness (QED) is 0.724. The predicted octanol–water partition coefficient (Wildman–Crippen LogP) is 4.98. The van der Waals surface area contributed by atoms with Gasteiger partial charge < -0.3 is 0 Å². The highest BCUT2D eigenvalue weighted by Crippen LogP contribution is 2.46. The van der Waals surface area contributed by atoms with Gasteiger partial charge in [0.2, 0.25) is 7.29 Å². The van der Waals surface area contributed by atoms with Crippen LogP contribution in [0.15, 0.2) is 77.6 Å². The average Bonchev–Trinajstić information content (AvgIpc) is 2.63. The molecule has 0 radical (unpaired) electrons. The molecule has 0 amide bonds. The van der Waals surface area contributed by atoms with E-state index in [4.69, 9.17) is 4.76 Å². The zero-order chi connectivity index (χ0) is 17.0. The first-order valence-electron chi connectivity index (χ1n) is 8.58. The van der Waals surface area contributed by atoms with E-state index in [1.165, 1.54) is 0 Å². The molecule has 0 saturated heterocycles. The molecular weight excluding hydrogens is 313 g/mol. The van der Waals surface area contributed by atoms with Crippen molar-refractivity contribution in [2.45, 2.75) is 26.7 Å². The van der Waals surface area contributed by atoms with Crippen LogP contribution in [-0.2, 0) is 4.57 Å². The van der Waals surface area contributed by atoms with Crippen molar-refractivity contribution in [1.82, 2.24) is 0 Å². The van der Waals surface area contributed by atoms with Crippen molar-refractivity contribution in [3.63, 3.8) is 0 Å². The first kappa shape index (κ1) is 16.9. The van der Waals surface area contributed by atoms with Crippen LogP contribution in [-0.4, -0.2) is 5.71 Å². The van der Waals surface area contributed by atoms with Gasteiger partial charge in [0.1, 0.15) is 0 Å². The normalized spacial score (nSPS) is 19.8. The summed E-state index contributed by atoms with van der Waals surface area (Å²) in [7, 11) is -3.00. The van der Waals surface area contributed by atoms with Crippen LogP contribution in [0.5, 0.6) is 0 Å². The molecule has 0 bridgehead atoms. The van der Waals surface area contributed by atoms with Gasteiger partial charge in [-0.25, -0.2) is 4.76 Å². The fraction of sp³-hybridized carbons (Fsp3) is 0.286. The van der Waals surface area contributed by atoms with Crippen molar-refractivity contribution in [3.05, 3.63) is 72.8 Å². The number of nitrogens with zero attached hydrogens (tertiary/aromatic N) is 1. The summed E-state index contributed by atoms with van der Waals surface area (Å²) in [5.74, 6) is 1.23. The Morgan fingerprint density at radius 1 is 0.958 bits per heavy atom. The largest absolute Gasteiger partial charge is 0.288 e. The third-order valence-electron chi connectivity index (χ3n) is 4.61. The Morgan fingerprint density at radius 2 is 1.50 bits per heavy atom. The van der Waals surface area contributed by atoms with Gasteiger partial charge in [-0.05, 0) is 55.0 Å². The maximum Gasteiger partial charge on any atom is 0.247 e. The number of benzene rings is 2. The molecule has 3 heteroatoms. The molecule has 3 rings (SSSR count). The lowest BCUT2D eigenvalue weighted by Gasteiger charge is -2.22. The van der Waals surface area contributed by atoms with E-state index >= 15 is 0 Å². The maximum atomic E-state index is 13.9. The molecule has 2 aromatic rings. The highest BCUT2D eigenvalue weighted by atomic mass is 31.2. The van der Waals surface area contributed by atoms with Crippen molar-refractivity contribution in [1.29, 1.82) is 0 Å². The van der Waals surface area contributed by atoms with E-state index in [0.29, 0.717) is 11.8 Å². The van der Waals surface area contributed by atoms with Crippen LogP contribution < -0.4 is 10.6 Å². The van der Waals surface area contributed by atoms with Crippen LogP contribution in [0.3, 0.4) is 0 Å².